The molecule has 0 spiro atoms. The fraction of sp³-hybridized carbons (Fsp3) is 0.500. The third kappa shape index (κ3) is 3.38. The van der Waals surface area contributed by atoms with Crippen molar-refractivity contribution in [2.24, 2.45) is 0 Å². The Kier molecular flexibility index (Phi) is 4.63. The van der Waals surface area contributed by atoms with Gasteiger partial charge >= 0.3 is 0 Å². The monoisotopic (exact) mass is 264 g/mol. The maximum absolute atomic E-state index is 12.0. The number of benzene rings is 1. The van der Waals surface area contributed by atoms with Crippen molar-refractivity contribution in [1.29, 1.82) is 0 Å². The van der Waals surface area contributed by atoms with Gasteiger partial charge < -0.3 is 19.7 Å². The predicted molar refractivity (Wildman–Crippen MR) is 72.2 cm³/mol. The lowest BCUT2D eigenvalue weighted by Gasteiger charge is -2.21. The van der Waals surface area contributed by atoms with E-state index >= 15 is 0 Å². The van der Waals surface area contributed by atoms with Crippen molar-refractivity contribution in [2.75, 3.05) is 26.9 Å². The number of nitrogens with zero attached hydrogens (tertiary/aromatic N) is 1. The summed E-state index contributed by atoms with van der Waals surface area (Å²) in [5.41, 5.74) is 1.06. The summed E-state index contributed by atoms with van der Waals surface area (Å²) in [6, 6.07) is 5.81. The van der Waals surface area contributed by atoms with Crippen LogP contribution in [-0.4, -0.2) is 37.7 Å². The summed E-state index contributed by atoms with van der Waals surface area (Å²) >= 11 is 0. The van der Waals surface area contributed by atoms with Gasteiger partial charge in [-0.1, -0.05) is 6.07 Å². The molecule has 1 heterocycles. The number of carbonyl (C=O) groups excluding carboxylic acids is 1. The molecule has 0 radical (unpaired) electrons. The van der Waals surface area contributed by atoms with Crippen LogP contribution in [0.1, 0.15) is 18.9 Å². The first-order valence-corrected chi connectivity index (χ1v) is 6.55. The highest BCUT2D eigenvalue weighted by Crippen LogP contribution is 2.32. The fourth-order valence-electron chi connectivity index (χ4n) is 2.03. The molecule has 0 aromatic heterocycles. The minimum atomic E-state index is 0.162. The minimum Gasteiger partial charge on any atom is -0.454 e. The Hall–Kier alpha value is -1.75. The first-order chi connectivity index (χ1) is 9.24. The third-order valence-corrected chi connectivity index (χ3v) is 3.13. The van der Waals surface area contributed by atoms with E-state index in [2.05, 4.69) is 5.32 Å². The van der Waals surface area contributed by atoms with Crippen molar-refractivity contribution in [3.63, 3.8) is 0 Å². The van der Waals surface area contributed by atoms with Gasteiger partial charge in [-0.2, -0.15) is 0 Å². The molecule has 104 valence electrons. The summed E-state index contributed by atoms with van der Waals surface area (Å²) in [6.07, 6.45) is 0.523. The van der Waals surface area contributed by atoms with E-state index in [0.717, 1.165) is 17.1 Å². The fourth-order valence-corrected chi connectivity index (χ4v) is 2.03. The Balaban J connectivity index is 2.00. The molecular formula is C14H20N2O3. The molecule has 0 unspecified atom stereocenters. The summed E-state index contributed by atoms with van der Waals surface area (Å²) in [7, 11) is 1.85. The molecule has 1 N–H and O–H groups in total. The zero-order chi connectivity index (χ0) is 13.7. The second kappa shape index (κ2) is 6.43. The normalized spacial score (nSPS) is 12.5. The molecule has 5 heteroatoms. The molecule has 1 aliphatic rings. The van der Waals surface area contributed by atoms with Gasteiger partial charge in [0.25, 0.3) is 0 Å². The molecule has 0 aliphatic carbocycles. The molecular weight excluding hydrogens is 244 g/mol. The summed E-state index contributed by atoms with van der Waals surface area (Å²) in [4.78, 5) is 13.8. The molecule has 0 bridgehead atoms. The number of hydrogen-bond acceptors (Lipinski definition) is 4. The van der Waals surface area contributed by atoms with Crippen LogP contribution in [-0.2, 0) is 11.3 Å². The van der Waals surface area contributed by atoms with Gasteiger partial charge in [-0.25, -0.2) is 0 Å². The maximum atomic E-state index is 12.0. The van der Waals surface area contributed by atoms with Gasteiger partial charge in [0.1, 0.15) is 0 Å². The number of ether oxygens (including phenoxy) is 2. The number of fused-ring (bicyclic) bond motifs is 1. The minimum absolute atomic E-state index is 0.162. The van der Waals surface area contributed by atoms with E-state index < -0.39 is 0 Å². The summed E-state index contributed by atoms with van der Waals surface area (Å²) < 4.78 is 10.6. The Labute approximate surface area is 113 Å². The smallest absolute Gasteiger partial charge is 0.231 e. The topological polar surface area (TPSA) is 50.8 Å². The van der Waals surface area contributed by atoms with Crippen molar-refractivity contribution in [2.45, 2.75) is 19.9 Å². The highest BCUT2D eigenvalue weighted by molar-refractivity contribution is 5.76. The zero-order valence-electron chi connectivity index (χ0n) is 11.4. The first kappa shape index (κ1) is 13.7. The number of carbonyl (C=O) groups is 1. The molecule has 1 aromatic rings. The zero-order valence-corrected chi connectivity index (χ0v) is 11.4. The van der Waals surface area contributed by atoms with Crippen molar-refractivity contribution >= 4 is 5.91 Å². The average molecular weight is 264 g/mol. The first-order valence-electron chi connectivity index (χ1n) is 6.55. The number of amides is 1. The van der Waals surface area contributed by atoms with Gasteiger partial charge in [0.15, 0.2) is 11.5 Å². The van der Waals surface area contributed by atoms with Gasteiger partial charge in [-0.05, 0) is 31.7 Å². The summed E-state index contributed by atoms with van der Waals surface area (Å²) in [5, 5.41) is 2.99. The average Bonchev–Trinajstić information content (AvgIpc) is 2.89. The molecule has 0 saturated carbocycles. The molecule has 1 aliphatic heterocycles. The molecule has 0 fully saturated rings. The van der Waals surface area contributed by atoms with E-state index in [4.69, 9.17) is 9.47 Å². The van der Waals surface area contributed by atoms with Crippen LogP contribution >= 0.6 is 0 Å². The molecule has 5 nitrogen and oxygen atoms in total. The van der Waals surface area contributed by atoms with E-state index in [-0.39, 0.29) is 12.7 Å². The lowest BCUT2D eigenvalue weighted by atomic mass is 10.2. The third-order valence-electron chi connectivity index (χ3n) is 3.13. The van der Waals surface area contributed by atoms with E-state index in [1.165, 1.54) is 0 Å². The SMILES string of the molecule is CCN(Cc1ccc2c(c1)OCO2)C(=O)CCNC. The van der Waals surface area contributed by atoms with Crippen LogP contribution in [0.2, 0.25) is 0 Å². The second-order valence-electron chi connectivity index (χ2n) is 4.45. The van der Waals surface area contributed by atoms with Crippen LogP contribution < -0.4 is 14.8 Å². The van der Waals surface area contributed by atoms with Crippen LogP contribution in [0.15, 0.2) is 18.2 Å². The van der Waals surface area contributed by atoms with Crippen molar-refractivity contribution in [3.05, 3.63) is 23.8 Å². The number of hydrogen-bond donors (Lipinski definition) is 1. The van der Waals surface area contributed by atoms with Gasteiger partial charge in [0.05, 0.1) is 0 Å². The Morgan fingerprint density at radius 2 is 2.16 bits per heavy atom. The largest absolute Gasteiger partial charge is 0.454 e. The van der Waals surface area contributed by atoms with Crippen molar-refractivity contribution < 1.29 is 14.3 Å². The molecule has 0 saturated heterocycles. The van der Waals surface area contributed by atoms with Gasteiger partial charge in [-0.3, -0.25) is 4.79 Å². The van der Waals surface area contributed by atoms with Crippen LogP contribution in [0.4, 0.5) is 0 Å². The molecule has 19 heavy (non-hydrogen) atoms. The predicted octanol–water partition coefficient (Wildman–Crippen LogP) is 1.37. The Bertz CT molecular complexity index is 448. The second-order valence-corrected chi connectivity index (χ2v) is 4.45. The quantitative estimate of drug-likeness (QED) is 0.843. The van der Waals surface area contributed by atoms with Gasteiger partial charge in [0, 0.05) is 26.1 Å². The Morgan fingerprint density at radius 1 is 1.37 bits per heavy atom. The van der Waals surface area contributed by atoms with Crippen molar-refractivity contribution in [3.8, 4) is 11.5 Å². The molecule has 1 amide bonds. The molecule has 1 aromatic carbocycles. The lowest BCUT2D eigenvalue weighted by molar-refractivity contribution is -0.131. The lowest BCUT2D eigenvalue weighted by Crippen LogP contribution is -2.32. The summed E-state index contributed by atoms with van der Waals surface area (Å²) in [6.45, 7) is 4.28. The molecule has 2 rings (SSSR count). The van der Waals surface area contributed by atoms with E-state index in [1.54, 1.807) is 0 Å². The van der Waals surface area contributed by atoms with Crippen molar-refractivity contribution in [1.82, 2.24) is 10.2 Å². The highest BCUT2D eigenvalue weighted by atomic mass is 16.7. The van der Waals surface area contributed by atoms with Crippen LogP contribution in [0, 0.1) is 0 Å². The summed E-state index contributed by atoms with van der Waals surface area (Å²) in [5.74, 6) is 1.69. The number of nitrogens with one attached hydrogen (secondary N) is 1. The van der Waals surface area contributed by atoms with Gasteiger partial charge in [0.2, 0.25) is 12.7 Å². The van der Waals surface area contributed by atoms with E-state index in [9.17, 15) is 4.79 Å². The standard InChI is InChI=1S/C14H20N2O3/c1-3-16(14(17)6-7-15-2)9-11-4-5-12-13(8-11)19-10-18-12/h4-5,8,15H,3,6-7,9-10H2,1-2H3. The van der Waals surface area contributed by atoms with Gasteiger partial charge in [-0.15, -0.1) is 0 Å². The van der Waals surface area contributed by atoms with E-state index in [0.29, 0.717) is 26.1 Å². The number of rotatable bonds is 6. The molecule has 0 atom stereocenters. The van der Waals surface area contributed by atoms with Crippen LogP contribution in [0.3, 0.4) is 0 Å². The van der Waals surface area contributed by atoms with E-state index in [1.807, 2.05) is 37.1 Å². The highest BCUT2D eigenvalue weighted by Gasteiger charge is 2.16. The Morgan fingerprint density at radius 3 is 2.89 bits per heavy atom. The maximum Gasteiger partial charge on any atom is 0.231 e. The van der Waals surface area contributed by atoms with Crippen LogP contribution in [0.25, 0.3) is 0 Å². The van der Waals surface area contributed by atoms with Crippen LogP contribution in [0.5, 0.6) is 11.5 Å².